The average molecular weight is 811 g/mol. The molecule has 2 aliphatic heterocycles. The lowest BCUT2D eigenvalue weighted by Crippen LogP contribution is -2.36. The van der Waals surface area contributed by atoms with Gasteiger partial charge in [0.25, 0.3) is 0 Å². The molecule has 0 bridgehead atoms. The number of hydrogen-bond donors (Lipinski definition) is 2. The summed E-state index contributed by atoms with van der Waals surface area (Å²) in [6.07, 6.45) is 20.2. The van der Waals surface area contributed by atoms with Crippen molar-refractivity contribution >= 4 is 5.97 Å². The normalized spacial score (nSPS) is 24.7. The maximum Gasteiger partial charge on any atom is 0.338 e. The molecule has 338 valence electrons. The quantitative estimate of drug-likeness (QED) is 0.0476. The summed E-state index contributed by atoms with van der Waals surface area (Å²) in [5.74, 6) is 5.34. The van der Waals surface area contributed by atoms with Crippen molar-refractivity contribution in [1.82, 2.24) is 0 Å². The van der Waals surface area contributed by atoms with Gasteiger partial charge in [-0.2, -0.15) is 0 Å². The highest BCUT2D eigenvalue weighted by molar-refractivity contribution is 5.78. The van der Waals surface area contributed by atoms with E-state index in [-0.39, 0.29) is 12.7 Å². The topological polar surface area (TPSA) is 104 Å². The Kier molecular flexibility index (Phi) is 27.8. The highest BCUT2D eigenvalue weighted by Gasteiger charge is 2.57. The molecule has 2 N–H and O–H groups in total. The Balaban J connectivity index is 1.67. The Hall–Kier alpha value is -0.770. The van der Waals surface area contributed by atoms with Crippen LogP contribution in [0.4, 0.5) is 0 Å². The highest BCUT2D eigenvalue weighted by atomic mass is 16.7. The minimum Gasteiger partial charge on any atom is -0.454 e. The number of fused-ring (bicyclic) bond motifs is 1. The third-order valence-corrected chi connectivity index (χ3v) is 13.0. The van der Waals surface area contributed by atoms with Crippen molar-refractivity contribution in [2.24, 2.45) is 47.3 Å². The van der Waals surface area contributed by atoms with Crippen LogP contribution in [-0.4, -0.2) is 79.4 Å². The average Bonchev–Trinajstić information content (AvgIpc) is 3.60. The lowest BCUT2D eigenvalue weighted by Gasteiger charge is -2.23. The van der Waals surface area contributed by atoms with Crippen molar-refractivity contribution in [3.8, 4) is 0 Å². The first-order valence-corrected chi connectivity index (χ1v) is 24.2. The molecule has 0 aromatic heterocycles. The van der Waals surface area contributed by atoms with E-state index in [9.17, 15) is 15.0 Å². The fraction of sp³-hybridized carbons (Fsp3) is 0.980. The van der Waals surface area contributed by atoms with E-state index < -0.39 is 36.7 Å². The molecule has 57 heavy (non-hydrogen) atoms. The van der Waals surface area contributed by atoms with Crippen LogP contribution in [0, 0.1) is 47.3 Å². The standard InChI is InChI=1S/C49H94O8/c1-35(2)17-11-19-37(5)21-13-23-39(7)25-15-27-41(9)29-31-53-33-43(34-55-49-45(51)47-46(57-49)44(50)48(52)56-47)54-32-30-42(10)28-16-26-40(8)24-14-22-38(6)20-12-18-36(3)4/h35-47,49-51H,11-34H2,1-10H3/t37-,38-,39-,40-,41?,42?,43+,44-,45-,46-,47-,49-/m1/s1. The highest BCUT2D eigenvalue weighted by Crippen LogP contribution is 2.33. The summed E-state index contributed by atoms with van der Waals surface area (Å²) in [6.45, 7) is 25.5. The second-order valence-electron chi connectivity index (χ2n) is 20.3. The molecule has 0 radical (unpaired) electrons. The number of carbonyl (C=O) groups excluding carboxylic acids is 1. The Morgan fingerprint density at radius 1 is 0.509 bits per heavy atom. The van der Waals surface area contributed by atoms with Crippen LogP contribution in [0.25, 0.3) is 0 Å². The Morgan fingerprint density at radius 2 is 0.895 bits per heavy atom. The van der Waals surface area contributed by atoms with Crippen molar-refractivity contribution < 1.29 is 38.7 Å². The van der Waals surface area contributed by atoms with E-state index in [4.69, 9.17) is 23.7 Å². The zero-order valence-electron chi connectivity index (χ0n) is 38.9. The molecule has 0 aromatic rings. The molecule has 0 spiro atoms. The van der Waals surface area contributed by atoms with Gasteiger partial charge in [0, 0.05) is 13.2 Å². The SMILES string of the molecule is CC(C)CCC[C@@H](C)CCC[C@@H](C)CCCC(C)CCOC[C@@H](CO[C@@H]1O[C@H]2[C@H](OC(=O)[C@@H]2O)[C@H]1O)OCCC(C)CCC[C@H](C)CCC[C@H](C)CCCC(C)C. The van der Waals surface area contributed by atoms with Gasteiger partial charge < -0.3 is 33.9 Å². The van der Waals surface area contributed by atoms with Gasteiger partial charge in [0.2, 0.25) is 0 Å². The molecule has 8 heteroatoms. The fourth-order valence-corrected chi connectivity index (χ4v) is 8.68. The molecule has 0 saturated carbocycles. The first-order valence-electron chi connectivity index (χ1n) is 24.2. The second kappa shape index (κ2) is 30.3. The number of hydrogen-bond acceptors (Lipinski definition) is 8. The van der Waals surface area contributed by atoms with Gasteiger partial charge in [0.15, 0.2) is 18.5 Å². The fourth-order valence-electron chi connectivity index (χ4n) is 8.68. The Morgan fingerprint density at radius 3 is 1.30 bits per heavy atom. The van der Waals surface area contributed by atoms with E-state index in [1.807, 2.05) is 0 Å². The van der Waals surface area contributed by atoms with Crippen LogP contribution in [0.5, 0.6) is 0 Å². The van der Waals surface area contributed by atoms with E-state index in [1.165, 1.54) is 116 Å². The van der Waals surface area contributed by atoms with Crippen LogP contribution in [0.1, 0.15) is 198 Å². The van der Waals surface area contributed by atoms with E-state index in [0.29, 0.717) is 31.7 Å². The third kappa shape index (κ3) is 23.7. The number of aliphatic hydroxyl groups excluding tert-OH is 2. The lowest BCUT2D eigenvalue weighted by atomic mass is 9.91. The number of ether oxygens (including phenoxy) is 5. The molecule has 0 aliphatic carbocycles. The molecule has 0 amide bonds. The number of carbonyl (C=O) groups is 1. The lowest BCUT2D eigenvalue weighted by molar-refractivity contribution is -0.201. The van der Waals surface area contributed by atoms with Crippen molar-refractivity contribution in [3.63, 3.8) is 0 Å². The van der Waals surface area contributed by atoms with Crippen LogP contribution >= 0.6 is 0 Å². The third-order valence-electron chi connectivity index (χ3n) is 13.0. The van der Waals surface area contributed by atoms with Gasteiger partial charge in [-0.1, -0.05) is 185 Å². The van der Waals surface area contributed by atoms with Gasteiger partial charge in [-0.25, -0.2) is 4.79 Å². The van der Waals surface area contributed by atoms with Gasteiger partial charge in [-0.05, 0) is 60.2 Å². The summed E-state index contributed by atoms with van der Waals surface area (Å²) in [5.41, 5.74) is 0. The number of rotatable bonds is 36. The predicted octanol–water partition coefficient (Wildman–Crippen LogP) is 11.7. The van der Waals surface area contributed by atoms with Gasteiger partial charge >= 0.3 is 5.97 Å². The zero-order chi connectivity index (χ0) is 42.2. The van der Waals surface area contributed by atoms with E-state index in [0.717, 1.165) is 48.3 Å². The summed E-state index contributed by atoms with van der Waals surface area (Å²) in [6, 6.07) is 0. The van der Waals surface area contributed by atoms with Crippen molar-refractivity contribution in [1.29, 1.82) is 0 Å². The smallest absolute Gasteiger partial charge is 0.338 e. The maximum atomic E-state index is 11.7. The molecule has 8 nitrogen and oxygen atoms in total. The van der Waals surface area contributed by atoms with E-state index in [2.05, 4.69) is 69.2 Å². The number of esters is 1. The van der Waals surface area contributed by atoms with Crippen LogP contribution < -0.4 is 0 Å². The van der Waals surface area contributed by atoms with Gasteiger partial charge in [0.1, 0.15) is 18.3 Å². The largest absolute Gasteiger partial charge is 0.454 e. The first-order chi connectivity index (χ1) is 27.2. The molecule has 12 atom stereocenters. The maximum absolute atomic E-state index is 11.7. The zero-order valence-corrected chi connectivity index (χ0v) is 38.9. The summed E-state index contributed by atoms with van der Waals surface area (Å²) in [5, 5.41) is 20.8. The molecule has 2 rings (SSSR count). The molecular formula is C49H94O8. The summed E-state index contributed by atoms with van der Waals surface area (Å²) >= 11 is 0. The van der Waals surface area contributed by atoms with Gasteiger partial charge in [-0.15, -0.1) is 0 Å². The monoisotopic (exact) mass is 811 g/mol. The molecule has 2 fully saturated rings. The Labute approximate surface area is 352 Å². The summed E-state index contributed by atoms with van der Waals surface area (Å²) in [4.78, 5) is 11.7. The molecular weight excluding hydrogens is 717 g/mol. The molecule has 2 aliphatic rings. The summed E-state index contributed by atoms with van der Waals surface area (Å²) in [7, 11) is 0. The Bertz CT molecular complexity index is 990. The molecule has 0 aromatic carbocycles. The minimum atomic E-state index is -1.41. The first kappa shape index (κ1) is 52.4. The number of aliphatic hydroxyl groups is 2. The van der Waals surface area contributed by atoms with Crippen molar-refractivity contribution in [3.05, 3.63) is 0 Å². The minimum absolute atomic E-state index is 0.178. The van der Waals surface area contributed by atoms with Crippen molar-refractivity contribution in [2.45, 2.75) is 234 Å². The van der Waals surface area contributed by atoms with Crippen LogP contribution in [0.2, 0.25) is 0 Å². The van der Waals surface area contributed by atoms with Gasteiger partial charge in [0.05, 0.1) is 13.2 Å². The second-order valence-corrected chi connectivity index (χ2v) is 20.3. The predicted molar refractivity (Wildman–Crippen MR) is 234 cm³/mol. The molecule has 2 heterocycles. The molecule has 2 unspecified atom stereocenters. The van der Waals surface area contributed by atoms with E-state index in [1.54, 1.807) is 0 Å². The van der Waals surface area contributed by atoms with Crippen LogP contribution in [-0.2, 0) is 28.5 Å². The summed E-state index contributed by atoms with van der Waals surface area (Å²) < 4.78 is 29.3. The molecule has 2 saturated heterocycles. The van der Waals surface area contributed by atoms with E-state index >= 15 is 0 Å². The van der Waals surface area contributed by atoms with Crippen LogP contribution in [0.15, 0.2) is 0 Å². The van der Waals surface area contributed by atoms with Crippen molar-refractivity contribution in [2.75, 3.05) is 26.4 Å². The van der Waals surface area contributed by atoms with Crippen LogP contribution in [0.3, 0.4) is 0 Å². The van der Waals surface area contributed by atoms with Gasteiger partial charge in [-0.3, -0.25) is 0 Å².